The van der Waals surface area contributed by atoms with Gasteiger partial charge in [-0.2, -0.15) is 0 Å². The summed E-state index contributed by atoms with van der Waals surface area (Å²) in [4.78, 5) is 10.3. The molecule has 5 nitrogen and oxygen atoms in total. The second-order valence-electron chi connectivity index (χ2n) is 3.26. The molecule has 0 saturated carbocycles. The zero-order valence-corrected chi connectivity index (χ0v) is 8.15. The highest BCUT2D eigenvalue weighted by Crippen LogP contribution is 2.22. The van der Waals surface area contributed by atoms with Gasteiger partial charge in [0.05, 0.1) is 10.9 Å². The van der Waals surface area contributed by atoms with Crippen LogP contribution in [-0.4, -0.2) is 27.9 Å². The molecule has 15 heavy (non-hydrogen) atoms. The maximum atomic E-state index is 10.3. The fourth-order valence-corrected chi connectivity index (χ4v) is 1.35. The minimum atomic E-state index is -1.02. The first-order valence-corrected chi connectivity index (χ1v) is 4.46. The third-order valence-electron chi connectivity index (χ3n) is 2.02. The summed E-state index contributed by atoms with van der Waals surface area (Å²) >= 11 is 0. The number of ether oxygens (including phenoxy) is 1. The number of aryl methyl sites for hydroxylation is 1. The van der Waals surface area contributed by atoms with Crippen LogP contribution in [0.2, 0.25) is 0 Å². The predicted molar refractivity (Wildman–Crippen MR) is 54.0 cm³/mol. The lowest BCUT2D eigenvalue weighted by atomic mass is 10.2. The van der Waals surface area contributed by atoms with Crippen LogP contribution in [0, 0.1) is 6.92 Å². The highest BCUT2D eigenvalue weighted by molar-refractivity contribution is 5.84. The van der Waals surface area contributed by atoms with Crippen LogP contribution < -0.4 is 4.74 Å². The van der Waals surface area contributed by atoms with Gasteiger partial charge in [-0.05, 0) is 24.6 Å². The van der Waals surface area contributed by atoms with E-state index in [1.807, 2.05) is 25.1 Å². The van der Waals surface area contributed by atoms with Crippen LogP contribution in [0.4, 0.5) is 0 Å². The molecule has 2 rings (SSSR count). The number of rotatable bonds is 3. The smallest absolute Gasteiger partial charge is 0.341 e. The van der Waals surface area contributed by atoms with Crippen molar-refractivity contribution in [2.45, 2.75) is 6.92 Å². The van der Waals surface area contributed by atoms with Gasteiger partial charge in [-0.1, -0.05) is 6.07 Å². The molecule has 0 fully saturated rings. The van der Waals surface area contributed by atoms with Gasteiger partial charge in [0.2, 0.25) is 5.88 Å². The molecule has 2 aromatic rings. The van der Waals surface area contributed by atoms with E-state index in [1.165, 1.54) is 0 Å². The largest absolute Gasteiger partial charge is 0.479 e. The van der Waals surface area contributed by atoms with Crippen LogP contribution in [0.15, 0.2) is 18.2 Å². The molecule has 5 heteroatoms. The number of hydrogen-bond acceptors (Lipinski definition) is 3. The number of aromatic amines is 1. The first-order valence-electron chi connectivity index (χ1n) is 4.46. The minimum absolute atomic E-state index is 0.326. The van der Waals surface area contributed by atoms with Crippen LogP contribution in [0.1, 0.15) is 5.56 Å². The van der Waals surface area contributed by atoms with Gasteiger partial charge in [-0.15, -0.1) is 5.10 Å². The Morgan fingerprint density at radius 3 is 3.13 bits per heavy atom. The lowest BCUT2D eigenvalue weighted by Gasteiger charge is -1.98. The monoisotopic (exact) mass is 206 g/mol. The number of aromatic nitrogens is 2. The average molecular weight is 206 g/mol. The molecule has 0 unspecified atom stereocenters. The Balaban J connectivity index is 2.32. The van der Waals surface area contributed by atoms with Crippen molar-refractivity contribution in [3.63, 3.8) is 0 Å². The van der Waals surface area contributed by atoms with Crippen molar-refractivity contribution in [3.05, 3.63) is 23.8 Å². The third kappa shape index (κ3) is 1.90. The molecule has 0 aliphatic heterocycles. The van der Waals surface area contributed by atoms with E-state index in [1.54, 1.807) is 0 Å². The van der Waals surface area contributed by atoms with Gasteiger partial charge >= 0.3 is 5.97 Å². The number of hydrogen-bond donors (Lipinski definition) is 2. The van der Waals surface area contributed by atoms with Crippen molar-refractivity contribution in [3.8, 4) is 5.88 Å². The first kappa shape index (κ1) is 9.51. The van der Waals surface area contributed by atoms with Gasteiger partial charge in [0.25, 0.3) is 0 Å². The summed E-state index contributed by atoms with van der Waals surface area (Å²) < 4.78 is 5.02. The van der Waals surface area contributed by atoms with Crippen LogP contribution in [0.3, 0.4) is 0 Å². The van der Waals surface area contributed by atoms with Crippen molar-refractivity contribution in [1.82, 2.24) is 10.2 Å². The van der Waals surface area contributed by atoms with Gasteiger partial charge in [0.15, 0.2) is 6.61 Å². The molecule has 1 aromatic carbocycles. The molecule has 1 aromatic heterocycles. The van der Waals surface area contributed by atoms with Gasteiger partial charge < -0.3 is 9.84 Å². The fourth-order valence-electron chi connectivity index (χ4n) is 1.35. The Kier molecular flexibility index (Phi) is 2.29. The molecular weight excluding hydrogens is 196 g/mol. The van der Waals surface area contributed by atoms with Crippen LogP contribution >= 0.6 is 0 Å². The molecule has 0 atom stereocenters. The summed E-state index contributed by atoms with van der Waals surface area (Å²) in [6.45, 7) is 1.59. The number of carboxylic acids is 1. The zero-order chi connectivity index (χ0) is 10.8. The SMILES string of the molecule is Cc1ccc2c(OCC(=O)O)n[nH]c2c1. The predicted octanol–water partition coefficient (Wildman–Crippen LogP) is 1.33. The number of carbonyl (C=O) groups is 1. The first-order chi connectivity index (χ1) is 7.16. The number of nitrogens with zero attached hydrogens (tertiary/aromatic N) is 1. The molecular formula is C10H10N2O3. The van der Waals surface area contributed by atoms with E-state index in [2.05, 4.69) is 10.2 Å². The second-order valence-corrected chi connectivity index (χ2v) is 3.26. The number of nitrogens with one attached hydrogen (secondary N) is 1. The molecule has 0 radical (unpaired) electrons. The molecule has 0 saturated heterocycles. The molecule has 0 spiro atoms. The Morgan fingerprint density at radius 2 is 2.40 bits per heavy atom. The van der Waals surface area contributed by atoms with Gasteiger partial charge in [-0.25, -0.2) is 4.79 Å². The third-order valence-corrected chi connectivity index (χ3v) is 2.02. The molecule has 1 heterocycles. The van der Waals surface area contributed by atoms with E-state index in [4.69, 9.17) is 9.84 Å². The Hall–Kier alpha value is -2.04. The molecule has 78 valence electrons. The molecule has 0 aliphatic carbocycles. The summed E-state index contributed by atoms with van der Waals surface area (Å²) in [7, 11) is 0. The lowest BCUT2D eigenvalue weighted by Crippen LogP contribution is -2.09. The number of benzene rings is 1. The Labute approximate surface area is 85.7 Å². The normalized spacial score (nSPS) is 10.5. The van der Waals surface area contributed by atoms with Crippen molar-refractivity contribution in [1.29, 1.82) is 0 Å². The highest BCUT2D eigenvalue weighted by atomic mass is 16.5. The molecule has 0 amide bonds. The highest BCUT2D eigenvalue weighted by Gasteiger charge is 2.07. The summed E-state index contributed by atoms with van der Waals surface area (Å²) in [5, 5.41) is 15.9. The Morgan fingerprint density at radius 1 is 1.60 bits per heavy atom. The van der Waals surface area contributed by atoms with Crippen molar-refractivity contribution < 1.29 is 14.6 Å². The lowest BCUT2D eigenvalue weighted by molar-refractivity contribution is -0.139. The van der Waals surface area contributed by atoms with E-state index in [9.17, 15) is 4.79 Å². The van der Waals surface area contributed by atoms with E-state index in [0.717, 1.165) is 16.5 Å². The fraction of sp³-hybridized carbons (Fsp3) is 0.200. The summed E-state index contributed by atoms with van der Waals surface area (Å²) in [5.41, 5.74) is 1.95. The van der Waals surface area contributed by atoms with E-state index >= 15 is 0 Å². The van der Waals surface area contributed by atoms with Crippen LogP contribution in [0.25, 0.3) is 10.9 Å². The standard InChI is InChI=1S/C10H10N2O3/c1-6-2-3-7-8(4-6)11-12-10(7)15-5-9(13)14/h2-4H,5H2,1H3,(H,11,12)(H,13,14). The number of H-pyrrole nitrogens is 1. The van der Waals surface area contributed by atoms with Gasteiger partial charge in [-0.3, -0.25) is 5.10 Å². The van der Waals surface area contributed by atoms with E-state index in [0.29, 0.717) is 5.88 Å². The van der Waals surface area contributed by atoms with Crippen LogP contribution in [0.5, 0.6) is 5.88 Å². The number of carboxylic acid groups (broad SMARTS) is 1. The second kappa shape index (κ2) is 3.61. The van der Waals surface area contributed by atoms with E-state index in [-0.39, 0.29) is 6.61 Å². The quantitative estimate of drug-likeness (QED) is 0.794. The van der Waals surface area contributed by atoms with Gasteiger partial charge in [0.1, 0.15) is 0 Å². The van der Waals surface area contributed by atoms with Gasteiger partial charge in [0, 0.05) is 0 Å². The zero-order valence-electron chi connectivity index (χ0n) is 8.15. The van der Waals surface area contributed by atoms with Crippen molar-refractivity contribution in [2.24, 2.45) is 0 Å². The molecule has 0 bridgehead atoms. The summed E-state index contributed by atoms with van der Waals surface area (Å²) in [5.74, 6) is -0.689. The molecule has 2 N–H and O–H groups in total. The topological polar surface area (TPSA) is 75.2 Å². The minimum Gasteiger partial charge on any atom is -0.479 e. The average Bonchev–Trinajstić information content (AvgIpc) is 2.57. The van der Waals surface area contributed by atoms with E-state index < -0.39 is 5.97 Å². The summed E-state index contributed by atoms with van der Waals surface area (Å²) in [6.07, 6.45) is 0. The maximum absolute atomic E-state index is 10.3. The van der Waals surface area contributed by atoms with Crippen LogP contribution in [-0.2, 0) is 4.79 Å². The number of aliphatic carboxylic acids is 1. The Bertz CT molecular complexity index is 504. The summed E-state index contributed by atoms with van der Waals surface area (Å²) in [6, 6.07) is 5.70. The molecule has 0 aliphatic rings. The number of fused-ring (bicyclic) bond motifs is 1. The van der Waals surface area contributed by atoms with Crippen molar-refractivity contribution in [2.75, 3.05) is 6.61 Å². The maximum Gasteiger partial charge on any atom is 0.341 e. The van der Waals surface area contributed by atoms with Crippen molar-refractivity contribution >= 4 is 16.9 Å².